The summed E-state index contributed by atoms with van der Waals surface area (Å²) in [7, 11) is -2.80. The monoisotopic (exact) mass is 582 g/mol. The molecule has 40 heavy (non-hydrogen) atoms. The lowest BCUT2D eigenvalue weighted by Gasteiger charge is -2.45. The maximum atomic E-state index is 13.3. The summed E-state index contributed by atoms with van der Waals surface area (Å²) in [5.41, 5.74) is 4.77. The highest BCUT2D eigenvalue weighted by molar-refractivity contribution is 7.99. The van der Waals surface area contributed by atoms with Gasteiger partial charge in [0.25, 0.3) is 5.91 Å². The van der Waals surface area contributed by atoms with E-state index in [4.69, 9.17) is 16.3 Å². The van der Waals surface area contributed by atoms with Gasteiger partial charge in [0.15, 0.2) is 0 Å². The Hall–Kier alpha value is -2.48. The first-order chi connectivity index (χ1) is 19.1. The number of fused-ring (bicyclic) bond motifs is 4. The van der Waals surface area contributed by atoms with E-state index in [1.807, 2.05) is 31.2 Å². The molecular weight excluding hydrogens is 544 g/mol. The highest BCUT2D eigenvalue weighted by Gasteiger charge is 2.44. The summed E-state index contributed by atoms with van der Waals surface area (Å²) in [6.45, 7) is 4.08. The number of nitrogens with zero attached hydrogens (tertiary/aromatic N) is 1. The van der Waals surface area contributed by atoms with Gasteiger partial charge in [-0.1, -0.05) is 29.3 Å². The molecule has 0 radical (unpaired) electrons. The SMILES string of the molecule is C=S1(=O)CCC/C(C)=C/[C@@H](O)[C@@H]2CC[C@H]2CN2C[C@@]3(CCCc4cc(Cl)ccc43)COc3ccc(cc32)C(=O)N1. The number of rotatable bonds is 0. The molecule has 8 heteroatoms. The van der Waals surface area contributed by atoms with Crippen LogP contribution >= 0.6 is 11.6 Å². The minimum atomic E-state index is -2.80. The number of amides is 1. The van der Waals surface area contributed by atoms with Gasteiger partial charge < -0.3 is 14.7 Å². The molecule has 2 N–H and O–H groups in total. The number of hydrogen-bond acceptors (Lipinski definition) is 5. The third-order valence-corrected chi connectivity index (χ3v) is 11.2. The van der Waals surface area contributed by atoms with Crippen LogP contribution in [-0.4, -0.2) is 52.6 Å². The number of carbonyl (C=O) groups excluding carboxylic acids is 1. The van der Waals surface area contributed by atoms with Crippen molar-refractivity contribution in [1.29, 1.82) is 0 Å². The van der Waals surface area contributed by atoms with E-state index >= 15 is 0 Å². The molecule has 1 spiro atoms. The largest absolute Gasteiger partial charge is 0.490 e. The van der Waals surface area contributed by atoms with E-state index in [2.05, 4.69) is 27.6 Å². The average Bonchev–Trinajstić information content (AvgIpc) is 3.02. The molecule has 2 aromatic carbocycles. The van der Waals surface area contributed by atoms with Gasteiger partial charge in [0, 0.05) is 44.6 Å². The normalized spacial score (nSPS) is 33.8. The van der Waals surface area contributed by atoms with E-state index in [1.54, 1.807) is 6.07 Å². The number of aryl methyl sites for hydroxylation is 1. The second-order valence-electron chi connectivity index (χ2n) is 12.3. The Morgan fingerprint density at radius 1 is 1.18 bits per heavy atom. The average molecular weight is 583 g/mol. The minimum absolute atomic E-state index is 0.187. The van der Waals surface area contributed by atoms with E-state index in [9.17, 15) is 14.1 Å². The Labute approximate surface area is 242 Å². The number of benzene rings is 2. The van der Waals surface area contributed by atoms with Gasteiger partial charge in [0.2, 0.25) is 0 Å². The summed E-state index contributed by atoms with van der Waals surface area (Å²) in [5.74, 6) is 5.02. The summed E-state index contributed by atoms with van der Waals surface area (Å²) in [6.07, 6.45) is 7.93. The molecule has 1 saturated carbocycles. The van der Waals surface area contributed by atoms with Crippen LogP contribution in [0, 0.1) is 11.8 Å². The number of nitrogens with one attached hydrogen (secondary N) is 1. The maximum absolute atomic E-state index is 13.3. The fraction of sp³-hybridized carbons (Fsp3) is 0.500. The van der Waals surface area contributed by atoms with Crippen molar-refractivity contribution < 1.29 is 18.8 Å². The van der Waals surface area contributed by atoms with Crippen LogP contribution in [0.5, 0.6) is 5.75 Å². The predicted molar refractivity (Wildman–Crippen MR) is 163 cm³/mol. The first kappa shape index (κ1) is 27.7. The lowest BCUT2D eigenvalue weighted by molar-refractivity contribution is 0.0452. The number of anilines is 1. The van der Waals surface area contributed by atoms with Gasteiger partial charge in [0.1, 0.15) is 5.75 Å². The molecule has 2 heterocycles. The molecule has 1 fully saturated rings. The number of carbonyl (C=O) groups is 1. The third-order valence-electron chi connectivity index (χ3n) is 9.45. The van der Waals surface area contributed by atoms with Gasteiger partial charge >= 0.3 is 0 Å². The van der Waals surface area contributed by atoms with E-state index in [1.165, 1.54) is 11.1 Å². The van der Waals surface area contributed by atoms with E-state index in [-0.39, 0.29) is 23.0 Å². The molecule has 1 amide bonds. The molecule has 2 aliphatic heterocycles. The van der Waals surface area contributed by atoms with Crippen molar-refractivity contribution >= 4 is 38.8 Å². The number of hydrogen-bond donors (Lipinski definition) is 2. The number of allylic oxidation sites excluding steroid dienone is 1. The van der Waals surface area contributed by atoms with Gasteiger partial charge in [-0.2, -0.15) is 0 Å². The zero-order valence-corrected chi connectivity index (χ0v) is 24.7. The van der Waals surface area contributed by atoms with Crippen LogP contribution in [0.4, 0.5) is 5.69 Å². The summed E-state index contributed by atoms with van der Waals surface area (Å²) in [5, 5.41) is 11.9. The lowest BCUT2D eigenvalue weighted by atomic mass is 9.68. The molecule has 0 aromatic heterocycles. The Morgan fingerprint density at radius 3 is 2.83 bits per heavy atom. The predicted octanol–water partition coefficient (Wildman–Crippen LogP) is 5.30. The quantitative estimate of drug-likeness (QED) is 0.325. The molecule has 2 aliphatic carbocycles. The lowest BCUT2D eigenvalue weighted by Crippen LogP contribution is -2.49. The van der Waals surface area contributed by atoms with Crippen LogP contribution in [0.25, 0.3) is 0 Å². The molecule has 2 aromatic rings. The van der Waals surface area contributed by atoms with Crippen molar-refractivity contribution in [2.45, 2.75) is 63.4 Å². The Bertz CT molecular complexity index is 1450. The molecule has 2 bridgehead atoms. The summed E-state index contributed by atoms with van der Waals surface area (Å²) >= 11 is 6.39. The first-order valence-corrected chi connectivity index (χ1v) is 16.7. The molecule has 214 valence electrons. The Kier molecular flexibility index (Phi) is 7.43. The second-order valence-corrected chi connectivity index (χ2v) is 15.0. The molecule has 6 nitrogen and oxygen atoms in total. The molecule has 6 rings (SSSR count). The first-order valence-electron chi connectivity index (χ1n) is 14.5. The van der Waals surface area contributed by atoms with Gasteiger partial charge in [-0.15, -0.1) is 0 Å². The summed E-state index contributed by atoms with van der Waals surface area (Å²) in [4.78, 5) is 15.7. The van der Waals surface area contributed by atoms with Crippen LogP contribution in [0.15, 0.2) is 48.0 Å². The van der Waals surface area contributed by atoms with Crippen molar-refractivity contribution in [3.05, 3.63) is 69.8 Å². The second kappa shape index (κ2) is 10.7. The van der Waals surface area contributed by atoms with Crippen LogP contribution in [0.2, 0.25) is 5.02 Å². The summed E-state index contributed by atoms with van der Waals surface area (Å²) < 4.78 is 22.4. The Balaban J connectivity index is 1.42. The van der Waals surface area contributed by atoms with Crippen LogP contribution in [0.3, 0.4) is 0 Å². The van der Waals surface area contributed by atoms with Crippen LogP contribution < -0.4 is 14.4 Å². The van der Waals surface area contributed by atoms with Crippen molar-refractivity contribution in [2.75, 3.05) is 30.3 Å². The van der Waals surface area contributed by atoms with E-state index in [0.29, 0.717) is 30.9 Å². The van der Waals surface area contributed by atoms with Gasteiger partial charge in [0.05, 0.1) is 18.4 Å². The van der Waals surface area contributed by atoms with E-state index in [0.717, 1.165) is 67.2 Å². The topological polar surface area (TPSA) is 78.9 Å². The van der Waals surface area contributed by atoms with Crippen molar-refractivity contribution in [3.8, 4) is 5.75 Å². The smallest absolute Gasteiger partial charge is 0.262 e. The fourth-order valence-electron chi connectivity index (χ4n) is 7.17. The van der Waals surface area contributed by atoms with Gasteiger partial charge in [-0.25, -0.2) is 4.21 Å². The number of halogens is 1. The maximum Gasteiger partial charge on any atom is 0.262 e. The van der Waals surface area contributed by atoms with Crippen molar-refractivity contribution in [3.63, 3.8) is 0 Å². The summed E-state index contributed by atoms with van der Waals surface area (Å²) in [6, 6.07) is 11.7. The van der Waals surface area contributed by atoms with Gasteiger partial charge in [-0.05, 0) is 111 Å². The number of aliphatic hydroxyl groups is 1. The zero-order chi connectivity index (χ0) is 28.1. The van der Waals surface area contributed by atoms with Gasteiger partial charge in [-0.3, -0.25) is 9.52 Å². The fourth-order valence-corrected chi connectivity index (χ4v) is 8.53. The number of ether oxygens (including phenoxy) is 1. The Morgan fingerprint density at radius 2 is 2.02 bits per heavy atom. The molecule has 5 atom stereocenters. The molecule has 0 saturated heterocycles. The highest BCUT2D eigenvalue weighted by Crippen LogP contribution is 2.46. The van der Waals surface area contributed by atoms with Crippen molar-refractivity contribution in [1.82, 2.24) is 4.72 Å². The molecular formula is C32H39ClN2O4S. The highest BCUT2D eigenvalue weighted by atomic mass is 35.5. The third kappa shape index (κ3) is 5.40. The van der Waals surface area contributed by atoms with Crippen LogP contribution in [-0.2, 0) is 21.5 Å². The molecule has 1 unspecified atom stereocenters. The minimum Gasteiger partial charge on any atom is -0.490 e. The number of aliphatic hydroxyl groups excluding tert-OH is 1. The van der Waals surface area contributed by atoms with Crippen molar-refractivity contribution in [2.24, 2.45) is 11.8 Å². The van der Waals surface area contributed by atoms with Crippen LogP contribution in [0.1, 0.15) is 66.9 Å². The van der Waals surface area contributed by atoms with E-state index < -0.39 is 15.8 Å². The zero-order valence-electron chi connectivity index (χ0n) is 23.2. The standard InChI is InChI=1S/C32H39ClN2O4S/c1-21-5-4-14-40(2,38)34-31(37)23-8-12-30-28(17-23)35(18-24-7-10-26(24)29(36)15-21)19-32(20-39-30)13-3-6-22-16-25(33)9-11-27(22)32/h8-9,11-12,15-17,24,26,29,36H,2-7,10,13-14,18-20H2,1H3,(H,34,37,38)/b21-15+/t24-,26+,29+,32-,40?/m0/s1. The molecule has 4 aliphatic rings.